The van der Waals surface area contributed by atoms with Gasteiger partial charge in [0.25, 0.3) is 0 Å². The molecule has 0 radical (unpaired) electrons. The summed E-state index contributed by atoms with van der Waals surface area (Å²) in [6, 6.07) is 12.8. The molecule has 0 amide bonds. The highest BCUT2D eigenvalue weighted by Crippen LogP contribution is 2.29. The number of halogens is 1. The minimum atomic E-state index is 0.0250. The van der Waals surface area contributed by atoms with Gasteiger partial charge in [-0.25, -0.2) is 0 Å². The van der Waals surface area contributed by atoms with Crippen molar-refractivity contribution in [1.29, 1.82) is 0 Å². The fourth-order valence-corrected chi connectivity index (χ4v) is 3.75. The highest BCUT2D eigenvalue weighted by atomic mass is 35.5. The van der Waals surface area contributed by atoms with Crippen LogP contribution in [0, 0.1) is 0 Å². The van der Waals surface area contributed by atoms with E-state index in [0.29, 0.717) is 34.5 Å². The van der Waals surface area contributed by atoms with Crippen LogP contribution in [0.25, 0.3) is 0 Å². The molecule has 0 saturated carbocycles. The second-order valence-electron chi connectivity index (χ2n) is 6.28. The summed E-state index contributed by atoms with van der Waals surface area (Å²) in [6.07, 6.45) is 0. The lowest BCUT2D eigenvalue weighted by Crippen LogP contribution is -2.04. The number of aromatic nitrogens is 3. The molecular weight excluding hydrogens is 410 g/mol. The molecule has 0 aliphatic carbocycles. The molecule has 0 fully saturated rings. The van der Waals surface area contributed by atoms with Crippen LogP contribution in [-0.2, 0) is 19.4 Å². The second-order valence-corrected chi connectivity index (χ2v) is 7.63. The Kier molecular flexibility index (Phi) is 7.17. The van der Waals surface area contributed by atoms with Gasteiger partial charge in [-0.3, -0.25) is 4.79 Å². The zero-order valence-corrected chi connectivity index (χ0v) is 18.1. The molecule has 6 nitrogen and oxygen atoms in total. The first kappa shape index (κ1) is 21.2. The van der Waals surface area contributed by atoms with Crippen molar-refractivity contribution in [2.45, 2.75) is 31.4 Å². The van der Waals surface area contributed by atoms with Gasteiger partial charge in [0.2, 0.25) is 0 Å². The van der Waals surface area contributed by atoms with Gasteiger partial charge in [-0.2, -0.15) is 0 Å². The highest BCUT2D eigenvalue weighted by molar-refractivity contribution is 7.98. The summed E-state index contributed by atoms with van der Waals surface area (Å²) < 4.78 is 13.3. The molecular formula is C21H22ClN3O3S. The SMILES string of the molecule is CCOc1ccc(C(C)=O)cc1CSc1nnc(COc2ccccc2Cl)n1C. The number of carbonyl (C=O) groups is 1. The maximum atomic E-state index is 11.7. The Labute approximate surface area is 179 Å². The second kappa shape index (κ2) is 9.80. The van der Waals surface area contributed by atoms with Crippen LogP contribution in [0.5, 0.6) is 11.5 Å². The van der Waals surface area contributed by atoms with Gasteiger partial charge in [0, 0.05) is 23.9 Å². The minimum absolute atomic E-state index is 0.0250. The quantitative estimate of drug-likeness (QED) is 0.353. The van der Waals surface area contributed by atoms with Crippen molar-refractivity contribution >= 4 is 29.1 Å². The molecule has 0 unspecified atom stereocenters. The first-order valence-electron chi connectivity index (χ1n) is 9.14. The van der Waals surface area contributed by atoms with Crippen molar-refractivity contribution in [2.75, 3.05) is 6.61 Å². The number of hydrogen-bond donors (Lipinski definition) is 0. The van der Waals surface area contributed by atoms with Crippen LogP contribution in [-0.4, -0.2) is 27.2 Å². The first-order valence-corrected chi connectivity index (χ1v) is 10.5. The monoisotopic (exact) mass is 431 g/mol. The average molecular weight is 432 g/mol. The zero-order valence-electron chi connectivity index (χ0n) is 16.5. The molecule has 0 atom stereocenters. The van der Waals surface area contributed by atoms with Gasteiger partial charge in [0.1, 0.15) is 18.1 Å². The summed E-state index contributed by atoms with van der Waals surface area (Å²) in [4.78, 5) is 11.7. The van der Waals surface area contributed by atoms with Gasteiger partial charge in [0.15, 0.2) is 16.8 Å². The zero-order chi connectivity index (χ0) is 20.8. The van der Waals surface area contributed by atoms with E-state index in [2.05, 4.69) is 10.2 Å². The van der Waals surface area contributed by atoms with Crippen LogP contribution < -0.4 is 9.47 Å². The number of thioether (sulfide) groups is 1. The Bertz CT molecular complexity index is 1010. The number of Topliss-reactive ketones (excluding diaryl/α,β-unsaturated/α-hetero) is 1. The molecule has 8 heteroatoms. The number of para-hydroxylation sites is 1. The Morgan fingerprint density at radius 1 is 1.14 bits per heavy atom. The van der Waals surface area contributed by atoms with E-state index in [1.807, 2.05) is 48.9 Å². The third-order valence-corrected chi connectivity index (χ3v) is 5.62. The molecule has 0 aliphatic rings. The first-order chi connectivity index (χ1) is 14.0. The molecule has 0 aliphatic heterocycles. The molecule has 0 N–H and O–H groups in total. The summed E-state index contributed by atoms with van der Waals surface area (Å²) in [6.45, 7) is 4.31. The predicted molar refractivity (Wildman–Crippen MR) is 114 cm³/mol. The van der Waals surface area contributed by atoms with Crippen LogP contribution in [0.2, 0.25) is 5.02 Å². The molecule has 29 heavy (non-hydrogen) atoms. The van der Waals surface area contributed by atoms with Crippen molar-refractivity contribution in [2.24, 2.45) is 7.05 Å². The summed E-state index contributed by atoms with van der Waals surface area (Å²) in [5.74, 6) is 2.70. The maximum absolute atomic E-state index is 11.7. The molecule has 3 rings (SSSR count). The van der Waals surface area contributed by atoms with E-state index in [-0.39, 0.29) is 12.4 Å². The number of hydrogen-bond acceptors (Lipinski definition) is 6. The van der Waals surface area contributed by atoms with E-state index in [4.69, 9.17) is 21.1 Å². The van der Waals surface area contributed by atoms with E-state index >= 15 is 0 Å². The molecule has 1 heterocycles. The van der Waals surface area contributed by atoms with Gasteiger partial charge < -0.3 is 14.0 Å². The number of ketones is 1. The third-order valence-electron chi connectivity index (χ3n) is 4.24. The Balaban J connectivity index is 1.69. The number of carbonyl (C=O) groups excluding carboxylic acids is 1. The van der Waals surface area contributed by atoms with E-state index in [0.717, 1.165) is 16.5 Å². The van der Waals surface area contributed by atoms with E-state index < -0.39 is 0 Å². The molecule has 2 aromatic carbocycles. The minimum Gasteiger partial charge on any atom is -0.494 e. The summed E-state index contributed by atoms with van der Waals surface area (Å²) in [7, 11) is 1.89. The largest absolute Gasteiger partial charge is 0.494 e. The molecule has 0 saturated heterocycles. The molecule has 3 aromatic rings. The van der Waals surface area contributed by atoms with Gasteiger partial charge >= 0.3 is 0 Å². The van der Waals surface area contributed by atoms with Gasteiger partial charge in [-0.1, -0.05) is 35.5 Å². The number of rotatable bonds is 9. The molecule has 0 spiro atoms. The van der Waals surface area contributed by atoms with E-state index in [1.165, 1.54) is 11.8 Å². The normalized spacial score (nSPS) is 10.8. The third kappa shape index (κ3) is 5.31. The van der Waals surface area contributed by atoms with Crippen molar-refractivity contribution < 1.29 is 14.3 Å². The van der Waals surface area contributed by atoms with Gasteiger partial charge in [0.05, 0.1) is 11.6 Å². The van der Waals surface area contributed by atoms with Crippen molar-refractivity contribution in [1.82, 2.24) is 14.8 Å². The fourth-order valence-electron chi connectivity index (χ4n) is 2.65. The van der Waals surface area contributed by atoms with Crippen LogP contribution >= 0.6 is 23.4 Å². The highest BCUT2D eigenvalue weighted by Gasteiger charge is 2.13. The van der Waals surface area contributed by atoms with Crippen molar-refractivity contribution in [3.63, 3.8) is 0 Å². The predicted octanol–water partition coefficient (Wildman–Crippen LogP) is 4.94. The summed E-state index contributed by atoms with van der Waals surface area (Å²) >= 11 is 7.64. The smallest absolute Gasteiger partial charge is 0.191 e. The van der Waals surface area contributed by atoms with E-state index in [9.17, 15) is 4.79 Å². The lowest BCUT2D eigenvalue weighted by Gasteiger charge is -2.11. The van der Waals surface area contributed by atoms with Crippen LogP contribution in [0.1, 0.15) is 35.6 Å². The van der Waals surface area contributed by atoms with Gasteiger partial charge in [-0.05, 0) is 44.2 Å². The number of nitrogens with zero attached hydrogens (tertiary/aromatic N) is 3. The topological polar surface area (TPSA) is 66.2 Å². The van der Waals surface area contributed by atoms with Crippen LogP contribution in [0.4, 0.5) is 0 Å². The summed E-state index contributed by atoms with van der Waals surface area (Å²) in [5, 5.41) is 9.77. The Morgan fingerprint density at radius 2 is 1.93 bits per heavy atom. The Hall–Kier alpha value is -2.51. The molecule has 1 aromatic heterocycles. The lowest BCUT2D eigenvalue weighted by molar-refractivity contribution is 0.101. The van der Waals surface area contributed by atoms with Crippen LogP contribution in [0.15, 0.2) is 47.6 Å². The number of ether oxygens (including phenoxy) is 2. The summed E-state index contributed by atoms with van der Waals surface area (Å²) in [5.41, 5.74) is 1.61. The average Bonchev–Trinajstić information content (AvgIpc) is 3.06. The number of benzene rings is 2. The van der Waals surface area contributed by atoms with E-state index in [1.54, 1.807) is 19.1 Å². The lowest BCUT2D eigenvalue weighted by atomic mass is 10.1. The van der Waals surface area contributed by atoms with Gasteiger partial charge in [-0.15, -0.1) is 10.2 Å². The fraction of sp³-hybridized carbons (Fsp3) is 0.286. The Morgan fingerprint density at radius 3 is 2.66 bits per heavy atom. The molecule has 0 bridgehead atoms. The maximum Gasteiger partial charge on any atom is 0.191 e. The van der Waals surface area contributed by atoms with Crippen LogP contribution in [0.3, 0.4) is 0 Å². The molecule has 152 valence electrons. The standard InChI is InChI=1S/C21H22ClN3O3S/c1-4-27-18-10-9-15(14(2)26)11-16(18)13-29-21-24-23-20(25(21)3)12-28-19-8-6-5-7-17(19)22/h5-11H,4,12-13H2,1-3H3. The van der Waals surface area contributed by atoms with Crippen molar-refractivity contribution in [3.8, 4) is 11.5 Å². The van der Waals surface area contributed by atoms with Crippen molar-refractivity contribution in [3.05, 3.63) is 64.4 Å².